The van der Waals surface area contributed by atoms with Crippen LogP contribution in [0, 0.1) is 0 Å². The summed E-state index contributed by atoms with van der Waals surface area (Å²) in [6.07, 6.45) is 0. The van der Waals surface area contributed by atoms with Crippen molar-refractivity contribution in [3.8, 4) is 0 Å². The minimum Gasteiger partial charge on any atom is -0.369 e. The van der Waals surface area contributed by atoms with Gasteiger partial charge in [0.15, 0.2) is 0 Å². The van der Waals surface area contributed by atoms with E-state index in [1.807, 2.05) is 43.4 Å². The molecule has 144 valence electrons. The summed E-state index contributed by atoms with van der Waals surface area (Å²) in [5, 5.41) is 0. The van der Waals surface area contributed by atoms with E-state index < -0.39 is 0 Å². The van der Waals surface area contributed by atoms with E-state index in [4.69, 9.17) is 0 Å². The molecule has 0 atom stereocenters. The van der Waals surface area contributed by atoms with Crippen LogP contribution in [0.1, 0.15) is 29.8 Å². The largest absolute Gasteiger partial charge is 0.369 e. The first-order valence-corrected chi connectivity index (χ1v) is 10.3. The first kappa shape index (κ1) is 19.9. The maximum atomic E-state index is 12.8. The molecule has 5 heteroatoms. The number of hydrogen-bond donors (Lipinski definition) is 0. The van der Waals surface area contributed by atoms with Gasteiger partial charge in [-0.3, -0.25) is 9.69 Å². The monoisotopic (exact) mass is 429 g/mol. The van der Waals surface area contributed by atoms with Crippen LogP contribution < -0.4 is 4.90 Å². The number of halogens is 1. The molecule has 2 aromatic rings. The highest BCUT2D eigenvalue weighted by atomic mass is 79.9. The Hall–Kier alpha value is -1.85. The van der Waals surface area contributed by atoms with Gasteiger partial charge >= 0.3 is 0 Å². The van der Waals surface area contributed by atoms with Gasteiger partial charge in [0.25, 0.3) is 5.91 Å². The van der Waals surface area contributed by atoms with Gasteiger partial charge in [-0.2, -0.15) is 0 Å². The maximum absolute atomic E-state index is 12.8. The maximum Gasteiger partial charge on any atom is 0.253 e. The molecule has 1 saturated heterocycles. The number of amides is 1. The van der Waals surface area contributed by atoms with Gasteiger partial charge in [0.1, 0.15) is 0 Å². The Bertz CT molecular complexity index is 767. The van der Waals surface area contributed by atoms with E-state index in [-0.39, 0.29) is 5.91 Å². The molecule has 4 nitrogen and oxygen atoms in total. The highest BCUT2D eigenvalue weighted by Crippen LogP contribution is 2.21. The summed E-state index contributed by atoms with van der Waals surface area (Å²) in [4.78, 5) is 19.4. The van der Waals surface area contributed by atoms with Crippen molar-refractivity contribution in [1.82, 2.24) is 9.80 Å². The molecule has 2 aromatic carbocycles. The van der Waals surface area contributed by atoms with Crippen molar-refractivity contribution in [3.63, 3.8) is 0 Å². The van der Waals surface area contributed by atoms with Crippen molar-refractivity contribution in [2.75, 3.05) is 38.1 Å². The van der Waals surface area contributed by atoms with Gasteiger partial charge in [0.05, 0.1) is 0 Å². The van der Waals surface area contributed by atoms with Crippen molar-refractivity contribution in [2.24, 2.45) is 0 Å². The molecular formula is C22H28BrN3O. The van der Waals surface area contributed by atoms with Gasteiger partial charge in [-0.1, -0.05) is 34.1 Å². The zero-order chi connectivity index (χ0) is 19.4. The van der Waals surface area contributed by atoms with Crippen molar-refractivity contribution < 1.29 is 4.79 Å². The lowest BCUT2D eigenvalue weighted by Crippen LogP contribution is -2.48. The van der Waals surface area contributed by atoms with Gasteiger partial charge < -0.3 is 9.80 Å². The highest BCUT2D eigenvalue weighted by Gasteiger charge is 2.19. The summed E-state index contributed by atoms with van der Waals surface area (Å²) in [6.45, 7) is 9.33. The summed E-state index contributed by atoms with van der Waals surface area (Å²) < 4.78 is 1.03. The van der Waals surface area contributed by atoms with E-state index in [1.54, 1.807) is 4.90 Å². The quantitative estimate of drug-likeness (QED) is 0.710. The van der Waals surface area contributed by atoms with Crippen LogP contribution in [0.4, 0.5) is 5.69 Å². The molecule has 1 amide bonds. The fraction of sp³-hybridized carbons (Fsp3) is 0.409. The molecule has 0 bridgehead atoms. The number of carbonyl (C=O) groups excluding carboxylic acids is 1. The molecule has 0 aromatic heterocycles. The standard InChI is InChI=1S/C22H28BrN3O/c1-17(2)25-12-14-26(15-13-25)20-10-8-18(9-11-20)22(27)24(3)16-19-6-4-5-7-21(19)23/h4-11,17H,12-16H2,1-3H3. The second-order valence-corrected chi connectivity index (χ2v) is 8.27. The number of carbonyl (C=O) groups is 1. The fourth-order valence-electron chi connectivity index (χ4n) is 3.49. The summed E-state index contributed by atoms with van der Waals surface area (Å²) in [7, 11) is 1.85. The minimum absolute atomic E-state index is 0.0435. The van der Waals surface area contributed by atoms with Crippen LogP contribution in [0.3, 0.4) is 0 Å². The number of benzene rings is 2. The topological polar surface area (TPSA) is 26.8 Å². The third-order valence-corrected chi connectivity index (χ3v) is 6.01. The summed E-state index contributed by atoms with van der Waals surface area (Å²) in [5.41, 5.74) is 3.03. The molecule has 1 heterocycles. The lowest BCUT2D eigenvalue weighted by molar-refractivity contribution is 0.0785. The SMILES string of the molecule is CC(C)N1CCN(c2ccc(C(=O)N(C)Cc3ccccc3Br)cc2)CC1. The molecule has 0 saturated carbocycles. The van der Waals surface area contributed by atoms with Crippen LogP contribution >= 0.6 is 15.9 Å². The van der Waals surface area contributed by atoms with E-state index in [2.05, 4.69) is 51.7 Å². The zero-order valence-electron chi connectivity index (χ0n) is 16.4. The Kier molecular flexibility index (Phi) is 6.55. The predicted molar refractivity (Wildman–Crippen MR) is 115 cm³/mol. The molecule has 1 aliphatic heterocycles. The Balaban J connectivity index is 1.61. The molecule has 3 rings (SSSR count). The van der Waals surface area contributed by atoms with E-state index >= 15 is 0 Å². The smallest absolute Gasteiger partial charge is 0.253 e. The molecule has 0 unspecified atom stereocenters. The molecule has 1 aliphatic rings. The van der Waals surface area contributed by atoms with Gasteiger partial charge in [-0.25, -0.2) is 0 Å². The van der Waals surface area contributed by atoms with Crippen LogP contribution in [0.25, 0.3) is 0 Å². The second-order valence-electron chi connectivity index (χ2n) is 7.42. The normalized spacial score (nSPS) is 15.2. The van der Waals surface area contributed by atoms with E-state index in [0.717, 1.165) is 41.8 Å². The number of hydrogen-bond acceptors (Lipinski definition) is 3. The second kappa shape index (κ2) is 8.89. The van der Waals surface area contributed by atoms with Crippen LogP contribution in [0.5, 0.6) is 0 Å². The van der Waals surface area contributed by atoms with E-state index in [0.29, 0.717) is 12.6 Å². The fourth-order valence-corrected chi connectivity index (χ4v) is 3.90. The lowest BCUT2D eigenvalue weighted by Gasteiger charge is -2.38. The van der Waals surface area contributed by atoms with Crippen molar-refractivity contribution in [1.29, 1.82) is 0 Å². The van der Waals surface area contributed by atoms with Crippen molar-refractivity contribution >= 4 is 27.5 Å². The third-order valence-electron chi connectivity index (χ3n) is 5.24. The highest BCUT2D eigenvalue weighted by molar-refractivity contribution is 9.10. The molecule has 1 fully saturated rings. The molecule has 27 heavy (non-hydrogen) atoms. The van der Waals surface area contributed by atoms with Crippen LogP contribution in [0.15, 0.2) is 53.0 Å². The van der Waals surface area contributed by atoms with Crippen molar-refractivity contribution in [2.45, 2.75) is 26.4 Å². The first-order chi connectivity index (χ1) is 13.0. The number of rotatable bonds is 5. The molecule has 0 spiro atoms. The minimum atomic E-state index is 0.0435. The summed E-state index contributed by atoms with van der Waals surface area (Å²) >= 11 is 3.55. The third kappa shape index (κ3) is 4.90. The van der Waals surface area contributed by atoms with Crippen molar-refractivity contribution in [3.05, 3.63) is 64.1 Å². The Morgan fingerprint density at radius 3 is 2.26 bits per heavy atom. The van der Waals surface area contributed by atoms with Crippen LogP contribution in [-0.2, 0) is 6.54 Å². The molecular weight excluding hydrogens is 402 g/mol. The van der Waals surface area contributed by atoms with Crippen LogP contribution in [-0.4, -0.2) is 55.0 Å². The van der Waals surface area contributed by atoms with Gasteiger partial charge in [0.2, 0.25) is 0 Å². The molecule has 0 N–H and O–H groups in total. The summed E-state index contributed by atoms with van der Waals surface area (Å²) in [5.74, 6) is 0.0435. The molecule has 0 aliphatic carbocycles. The number of anilines is 1. The van der Waals surface area contributed by atoms with E-state index in [9.17, 15) is 4.79 Å². The van der Waals surface area contributed by atoms with Gasteiger partial charge in [-0.05, 0) is 49.7 Å². The molecule has 0 radical (unpaired) electrons. The predicted octanol–water partition coefficient (Wildman–Crippen LogP) is 4.25. The lowest BCUT2D eigenvalue weighted by atomic mass is 10.1. The number of piperazine rings is 1. The van der Waals surface area contributed by atoms with Gasteiger partial charge in [-0.15, -0.1) is 0 Å². The average molecular weight is 430 g/mol. The first-order valence-electron chi connectivity index (χ1n) is 9.53. The number of nitrogens with zero attached hydrogens (tertiary/aromatic N) is 3. The summed E-state index contributed by atoms with van der Waals surface area (Å²) in [6, 6.07) is 16.7. The van der Waals surface area contributed by atoms with Crippen LogP contribution in [0.2, 0.25) is 0 Å². The zero-order valence-corrected chi connectivity index (χ0v) is 17.9. The average Bonchev–Trinajstić information content (AvgIpc) is 2.69. The van der Waals surface area contributed by atoms with E-state index in [1.165, 1.54) is 5.69 Å². The Morgan fingerprint density at radius 2 is 1.67 bits per heavy atom. The van der Waals surface area contributed by atoms with Gasteiger partial charge in [0, 0.05) is 61.5 Å². The Morgan fingerprint density at radius 1 is 1.04 bits per heavy atom. The Labute approximate surface area is 170 Å².